The Morgan fingerprint density at radius 1 is 1.14 bits per heavy atom. The third kappa shape index (κ3) is 3.31. The number of hydrogen-bond acceptors (Lipinski definition) is 2. The summed E-state index contributed by atoms with van der Waals surface area (Å²) in [5.74, 6) is -0.445. The highest BCUT2D eigenvalue weighted by atomic mass is 19.1. The van der Waals surface area contributed by atoms with Gasteiger partial charge < -0.3 is 10.6 Å². The summed E-state index contributed by atoms with van der Waals surface area (Å²) in [5.41, 5.74) is 3.51. The molecule has 0 fully saturated rings. The van der Waals surface area contributed by atoms with E-state index in [4.69, 9.17) is 0 Å². The van der Waals surface area contributed by atoms with Gasteiger partial charge in [0.05, 0.1) is 12.8 Å². The van der Waals surface area contributed by atoms with Crippen LogP contribution in [0, 0.1) is 5.82 Å². The Morgan fingerprint density at radius 2 is 1.86 bits per heavy atom. The summed E-state index contributed by atoms with van der Waals surface area (Å²) in [4.78, 5) is 23.2. The van der Waals surface area contributed by atoms with Crippen LogP contribution in [0.1, 0.15) is 16.7 Å². The second-order valence-corrected chi connectivity index (χ2v) is 5.30. The second kappa shape index (κ2) is 5.97. The van der Waals surface area contributed by atoms with Crippen molar-refractivity contribution in [1.29, 1.82) is 0 Å². The maximum absolute atomic E-state index is 12.8. The van der Waals surface area contributed by atoms with Crippen LogP contribution in [0.2, 0.25) is 0 Å². The molecule has 2 amide bonds. The molecule has 1 aliphatic rings. The lowest BCUT2D eigenvalue weighted by atomic mass is 10.1. The third-order valence-electron chi connectivity index (χ3n) is 3.56. The number of anilines is 1. The number of carbonyl (C=O) groups is 2. The zero-order valence-corrected chi connectivity index (χ0v) is 11.9. The zero-order chi connectivity index (χ0) is 15.5. The molecule has 22 heavy (non-hydrogen) atoms. The van der Waals surface area contributed by atoms with E-state index in [1.54, 1.807) is 12.1 Å². The van der Waals surface area contributed by atoms with Gasteiger partial charge >= 0.3 is 0 Å². The standard InChI is InChI=1S/C17H15FN2O2/c18-14-4-1-11(2-5-14)8-16(21)19-10-12-3-6-15-13(7-12)9-17(22)20-15/h1-7H,8-10H2,(H,19,21)(H,20,22). The van der Waals surface area contributed by atoms with Crippen LogP contribution in [0.5, 0.6) is 0 Å². The van der Waals surface area contributed by atoms with Crippen LogP contribution >= 0.6 is 0 Å². The van der Waals surface area contributed by atoms with Crippen molar-refractivity contribution < 1.29 is 14.0 Å². The minimum absolute atomic E-state index is 0.00695. The zero-order valence-electron chi connectivity index (χ0n) is 11.9. The first-order valence-corrected chi connectivity index (χ1v) is 7.03. The molecule has 0 saturated carbocycles. The Balaban J connectivity index is 1.56. The highest BCUT2D eigenvalue weighted by Crippen LogP contribution is 2.23. The Morgan fingerprint density at radius 3 is 2.64 bits per heavy atom. The van der Waals surface area contributed by atoms with Crippen LogP contribution in [0.25, 0.3) is 0 Å². The van der Waals surface area contributed by atoms with Crippen molar-refractivity contribution >= 4 is 17.5 Å². The molecule has 1 heterocycles. The van der Waals surface area contributed by atoms with Gasteiger partial charge in [0.2, 0.25) is 11.8 Å². The summed E-state index contributed by atoms with van der Waals surface area (Å²) in [6, 6.07) is 11.5. The van der Waals surface area contributed by atoms with Gasteiger partial charge in [-0.05, 0) is 34.9 Å². The van der Waals surface area contributed by atoms with E-state index in [1.807, 2.05) is 18.2 Å². The maximum atomic E-state index is 12.8. The van der Waals surface area contributed by atoms with Gasteiger partial charge in [-0.15, -0.1) is 0 Å². The number of rotatable bonds is 4. The highest BCUT2D eigenvalue weighted by molar-refractivity contribution is 5.99. The average Bonchev–Trinajstić information content (AvgIpc) is 2.87. The van der Waals surface area contributed by atoms with Crippen LogP contribution in [0.15, 0.2) is 42.5 Å². The SMILES string of the molecule is O=C(Cc1ccc(F)cc1)NCc1ccc2c(c1)CC(=O)N2. The van der Waals surface area contributed by atoms with Gasteiger partial charge in [0, 0.05) is 12.2 Å². The van der Waals surface area contributed by atoms with Crippen molar-refractivity contribution in [3.8, 4) is 0 Å². The predicted molar refractivity (Wildman–Crippen MR) is 80.7 cm³/mol. The van der Waals surface area contributed by atoms with E-state index < -0.39 is 0 Å². The number of amides is 2. The summed E-state index contributed by atoms with van der Waals surface area (Å²) in [5, 5.41) is 5.60. The van der Waals surface area contributed by atoms with Crippen molar-refractivity contribution in [3.63, 3.8) is 0 Å². The summed E-state index contributed by atoms with van der Waals surface area (Å²) in [6.45, 7) is 0.404. The van der Waals surface area contributed by atoms with Gasteiger partial charge in [-0.25, -0.2) is 4.39 Å². The molecular formula is C17H15FN2O2. The van der Waals surface area contributed by atoms with E-state index in [1.165, 1.54) is 12.1 Å². The fraction of sp³-hybridized carbons (Fsp3) is 0.176. The first-order chi connectivity index (χ1) is 10.6. The molecule has 3 rings (SSSR count). The van der Waals surface area contributed by atoms with E-state index >= 15 is 0 Å². The minimum Gasteiger partial charge on any atom is -0.352 e. The van der Waals surface area contributed by atoms with Crippen molar-refractivity contribution in [3.05, 3.63) is 65.0 Å². The van der Waals surface area contributed by atoms with E-state index in [-0.39, 0.29) is 24.1 Å². The molecule has 0 radical (unpaired) electrons. The molecule has 0 atom stereocenters. The number of hydrogen-bond donors (Lipinski definition) is 2. The van der Waals surface area contributed by atoms with Gasteiger partial charge in [0.1, 0.15) is 5.82 Å². The molecule has 0 unspecified atom stereocenters. The number of benzene rings is 2. The molecule has 5 heteroatoms. The molecule has 0 spiro atoms. The Bertz CT molecular complexity index is 726. The predicted octanol–water partition coefficient (Wildman–Crippen LogP) is 2.18. The lowest BCUT2D eigenvalue weighted by molar-refractivity contribution is -0.120. The monoisotopic (exact) mass is 298 g/mol. The number of halogens is 1. The second-order valence-electron chi connectivity index (χ2n) is 5.30. The fourth-order valence-electron chi connectivity index (χ4n) is 2.44. The molecule has 2 aromatic carbocycles. The van der Waals surface area contributed by atoms with Crippen molar-refractivity contribution in [2.75, 3.05) is 5.32 Å². The highest BCUT2D eigenvalue weighted by Gasteiger charge is 2.17. The summed E-state index contributed by atoms with van der Waals surface area (Å²) in [7, 11) is 0. The topological polar surface area (TPSA) is 58.2 Å². The summed E-state index contributed by atoms with van der Waals surface area (Å²) >= 11 is 0. The van der Waals surface area contributed by atoms with Crippen LogP contribution in [0.4, 0.5) is 10.1 Å². The first-order valence-electron chi connectivity index (χ1n) is 7.03. The maximum Gasteiger partial charge on any atom is 0.228 e. The summed E-state index contributed by atoms with van der Waals surface area (Å²) in [6.07, 6.45) is 0.595. The van der Waals surface area contributed by atoms with Gasteiger partial charge in [0.25, 0.3) is 0 Å². The third-order valence-corrected chi connectivity index (χ3v) is 3.56. The first kappa shape index (κ1) is 14.3. The molecule has 0 aliphatic carbocycles. The van der Waals surface area contributed by atoms with E-state index in [0.717, 1.165) is 22.4 Å². The molecule has 0 saturated heterocycles. The van der Waals surface area contributed by atoms with Crippen molar-refractivity contribution in [1.82, 2.24) is 5.32 Å². The number of fused-ring (bicyclic) bond motifs is 1. The molecule has 2 N–H and O–H groups in total. The molecule has 2 aromatic rings. The lowest BCUT2D eigenvalue weighted by Crippen LogP contribution is -2.24. The molecule has 0 bridgehead atoms. The smallest absolute Gasteiger partial charge is 0.228 e. The van der Waals surface area contributed by atoms with E-state index in [0.29, 0.717) is 13.0 Å². The molecule has 4 nitrogen and oxygen atoms in total. The quantitative estimate of drug-likeness (QED) is 0.909. The van der Waals surface area contributed by atoms with Crippen LogP contribution < -0.4 is 10.6 Å². The normalized spacial score (nSPS) is 12.7. The molecule has 0 aromatic heterocycles. The van der Waals surface area contributed by atoms with E-state index in [2.05, 4.69) is 10.6 Å². The molecule has 112 valence electrons. The minimum atomic E-state index is -0.314. The Labute approximate surface area is 127 Å². The van der Waals surface area contributed by atoms with Crippen molar-refractivity contribution in [2.24, 2.45) is 0 Å². The van der Waals surface area contributed by atoms with Gasteiger partial charge in [-0.1, -0.05) is 24.3 Å². The number of carbonyl (C=O) groups excluding carboxylic acids is 2. The van der Waals surface area contributed by atoms with E-state index in [9.17, 15) is 14.0 Å². The Kier molecular flexibility index (Phi) is 3.87. The van der Waals surface area contributed by atoms with Gasteiger partial charge in [-0.3, -0.25) is 9.59 Å². The van der Waals surface area contributed by atoms with Crippen LogP contribution in [-0.4, -0.2) is 11.8 Å². The largest absolute Gasteiger partial charge is 0.352 e. The lowest BCUT2D eigenvalue weighted by Gasteiger charge is -2.07. The Hall–Kier alpha value is -2.69. The fourth-order valence-corrected chi connectivity index (χ4v) is 2.44. The number of nitrogens with one attached hydrogen (secondary N) is 2. The van der Waals surface area contributed by atoms with Crippen LogP contribution in [0.3, 0.4) is 0 Å². The van der Waals surface area contributed by atoms with Gasteiger partial charge in [0.15, 0.2) is 0 Å². The van der Waals surface area contributed by atoms with Gasteiger partial charge in [-0.2, -0.15) is 0 Å². The van der Waals surface area contributed by atoms with Crippen LogP contribution in [-0.2, 0) is 29.0 Å². The average molecular weight is 298 g/mol. The summed E-state index contributed by atoms with van der Waals surface area (Å²) < 4.78 is 12.8. The molecular weight excluding hydrogens is 283 g/mol. The molecule has 1 aliphatic heterocycles. The van der Waals surface area contributed by atoms with Crippen molar-refractivity contribution in [2.45, 2.75) is 19.4 Å².